The van der Waals surface area contributed by atoms with Gasteiger partial charge in [0.05, 0.1) is 28.8 Å². The predicted octanol–water partition coefficient (Wildman–Crippen LogP) is 2.43. The van der Waals surface area contributed by atoms with Crippen molar-refractivity contribution in [2.75, 3.05) is 39.0 Å². The van der Waals surface area contributed by atoms with E-state index in [-0.39, 0.29) is 22.8 Å². The number of aromatic amines is 1. The maximum atomic E-state index is 13.2. The summed E-state index contributed by atoms with van der Waals surface area (Å²) in [4.78, 5) is 19.1. The summed E-state index contributed by atoms with van der Waals surface area (Å²) in [6, 6.07) is 17.5. The van der Waals surface area contributed by atoms with Crippen LogP contribution in [-0.4, -0.2) is 85.0 Å². The van der Waals surface area contributed by atoms with Crippen molar-refractivity contribution in [1.82, 2.24) is 29.9 Å². The molecule has 6 rings (SSSR count). The van der Waals surface area contributed by atoms with Gasteiger partial charge in [-0.3, -0.25) is 9.69 Å². The second-order valence-corrected chi connectivity index (χ2v) is 13.9. The molecule has 0 saturated carbocycles. The van der Waals surface area contributed by atoms with Gasteiger partial charge in [0.25, 0.3) is 0 Å². The third-order valence-electron chi connectivity index (χ3n) is 9.17. The van der Waals surface area contributed by atoms with Crippen molar-refractivity contribution in [2.45, 2.75) is 54.9 Å². The number of nitrogens with zero attached hydrogens (tertiary/aromatic N) is 4. The number of carbonyl (C=O) groups is 1. The van der Waals surface area contributed by atoms with Gasteiger partial charge in [-0.15, -0.1) is 0 Å². The van der Waals surface area contributed by atoms with Crippen LogP contribution in [-0.2, 0) is 21.4 Å². The number of hydrogen-bond acceptors (Lipinski definition) is 8. The lowest BCUT2D eigenvalue weighted by molar-refractivity contribution is -0.128. The van der Waals surface area contributed by atoms with Crippen molar-refractivity contribution in [1.29, 1.82) is 5.26 Å². The maximum Gasteiger partial charge on any atom is 0.242 e. The first kappa shape index (κ1) is 28.6. The van der Waals surface area contributed by atoms with Crippen molar-refractivity contribution < 1.29 is 13.2 Å². The zero-order valence-corrected chi connectivity index (χ0v) is 24.8. The molecule has 2 aromatic carbocycles. The fourth-order valence-corrected chi connectivity index (χ4v) is 7.74. The smallest absolute Gasteiger partial charge is 0.242 e. The molecule has 3 aromatic rings. The van der Waals surface area contributed by atoms with E-state index in [1.807, 2.05) is 6.20 Å². The number of nitriles is 1. The summed E-state index contributed by atoms with van der Waals surface area (Å²) < 4.78 is 26.2. The van der Waals surface area contributed by atoms with Crippen LogP contribution in [0.15, 0.2) is 59.6 Å². The minimum absolute atomic E-state index is 0.0188. The summed E-state index contributed by atoms with van der Waals surface area (Å²) in [5, 5.41) is 19.9. The van der Waals surface area contributed by atoms with E-state index in [9.17, 15) is 18.5 Å². The summed E-state index contributed by atoms with van der Waals surface area (Å²) in [7, 11) is -0.529. The van der Waals surface area contributed by atoms with Gasteiger partial charge < -0.3 is 15.6 Å². The Bertz CT molecular complexity index is 1590. The lowest BCUT2D eigenvalue weighted by Gasteiger charge is -2.49. The number of H-pyrrole nitrogens is 1. The van der Waals surface area contributed by atoms with Gasteiger partial charge in [0, 0.05) is 69.1 Å². The van der Waals surface area contributed by atoms with Gasteiger partial charge in [-0.2, -0.15) is 5.26 Å². The van der Waals surface area contributed by atoms with Crippen LogP contribution in [0.5, 0.6) is 0 Å². The first-order valence-electron chi connectivity index (χ1n) is 14.5. The lowest BCUT2D eigenvalue weighted by Crippen LogP contribution is -2.62. The number of hydrogen-bond donors (Lipinski definition) is 4. The molecule has 3 saturated heterocycles. The Hall–Kier alpha value is -3.47. The molecule has 3 aliphatic heterocycles. The highest BCUT2D eigenvalue weighted by Gasteiger charge is 2.54. The van der Waals surface area contributed by atoms with Gasteiger partial charge in [-0.25, -0.2) is 23.2 Å². The summed E-state index contributed by atoms with van der Waals surface area (Å²) >= 11 is 0. The second kappa shape index (κ2) is 11.3. The fraction of sp³-hybridized carbons (Fsp3) is 0.467. The van der Waals surface area contributed by atoms with E-state index in [2.05, 4.69) is 61.3 Å². The zero-order chi connectivity index (χ0) is 29.5. The molecule has 222 valence electrons. The van der Waals surface area contributed by atoms with E-state index in [1.54, 1.807) is 24.3 Å². The Kier molecular flexibility index (Phi) is 7.72. The molecule has 11 nitrogen and oxygen atoms in total. The minimum Gasteiger partial charge on any atom is -0.368 e. The van der Waals surface area contributed by atoms with Crippen molar-refractivity contribution in [3.63, 3.8) is 0 Å². The van der Waals surface area contributed by atoms with E-state index in [1.165, 1.54) is 29.4 Å². The monoisotopic (exact) mass is 590 g/mol. The predicted molar refractivity (Wildman–Crippen MR) is 160 cm³/mol. The number of fused-ring (bicyclic) bond motifs is 2. The number of nitrogens with one attached hydrogen (secondary N) is 4. The molecule has 0 radical (unpaired) electrons. The van der Waals surface area contributed by atoms with Crippen molar-refractivity contribution in [3.05, 3.63) is 60.3 Å². The number of carbonyl (C=O) groups excluding carboxylic acids is 1. The number of amides is 1. The Morgan fingerprint density at radius 1 is 1.12 bits per heavy atom. The van der Waals surface area contributed by atoms with E-state index < -0.39 is 21.7 Å². The summed E-state index contributed by atoms with van der Waals surface area (Å²) in [6.07, 6.45) is 4.36. The van der Waals surface area contributed by atoms with Gasteiger partial charge in [0.15, 0.2) is 0 Å². The number of likely N-dealkylation sites (tertiary alicyclic amines) is 1. The van der Waals surface area contributed by atoms with Gasteiger partial charge in [0.2, 0.25) is 15.9 Å². The molecule has 0 bridgehead atoms. The van der Waals surface area contributed by atoms with Crippen LogP contribution >= 0.6 is 0 Å². The standard InChI is InChI=1S/C30H38N8O3S/c1-36(2)42(40,41)23-8-6-22(7-9-23)34-28-27-26(11-17-33-29(27)39)38(35-28)30(12-15-31)13-18-37(19-14-30)20-21-4-3-5-25-24(21)10-16-32-25/h3-10,16,26-28,32,34-35H,11-14,17-20H2,1-2H3,(H,33,39). The molecular formula is C30H38N8O3S. The zero-order valence-electron chi connectivity index (χ0n) is 24.0. The maximum absolute atomic E-state index is 13.2. The molecule has 12 heteroatoms. The third-order valence-corrected chi connectivity index (χ3v) is 11.0. The van der Waals surface area contributed by atoms with Crippen LogP contribution < -0.4 is 16.1 Å². The van der Waals surface area contributed by atoms with E-state index >= 15 is 0 Å². The summed E-state index contributed by atoms with van der Waals surface area (Å²) in [6.45, 7) is 3.15. The molecule has 3 unspecified atom stereocenters. The molecule has 1 aromatic heterocycles. The molecule has 4 N–H and O–H groups in total. The number of anilines is 1. The number of piperidine rings is 2. The molecule has 3 atom stereocenters. The molecule has 42 heavy (non-hydrogen) atoms. The van der Waals surface area contributed by atoms with Crippen molar-refractivity contribution >= 4 is 32.5 Å². The average molecular weight is 591 g/mol. The highest BCUT2D eigenvalue weighted by Crippen LogP contribution is 2.40. The Labute approximate surface area is 246 Å². The van der Waals surface area contributed by atoms with E-state index in [4.69, 9.17) is 0 Å². The molecule has 0 aliphatic carbocycles. The molecule has 3 fully saturated rings. The number of sulfonamides is 1. The summed E-state index contributed by atoms with van der Waals surface area (Å²) in [5.41, 5.74) is 6.36. The quantitative estimate of drug-likeness (QED) is 0.314. The van der Waals surface area contributed by atoms with Crippen LogP contribution in [0, 0.1) is 17.2 Å². The van der Waals surface area contributed by atoms with Crippen LogP contribution in [0.4, 0.5) is 5.69 Å². The highest BCUT2D eigenvalue weighted by molar-refractivity contribution is 7.89. The first-order chi connectivity index (χ1) is 20.2. The lowest BCUT2D eigenvalue weighted by atomic mass is 9.81. The van der Waals surface area contributed by atoms with E-state index in [0.717, 1.165) is 44.4 Å². The topological polar surface area (TPSA) is 137 Å². The third kappa shape index (κ3) is 5.16. The number of rotatable bonds is 8. The minimum atomic E-state index is -3.54. The van der Waals surface area contributed by atoms with Crippen molar-refractivity contribution in [3.8, 4) is 6.07 Å². The molecular weight excluding hydrogens is 552 g/mol. The van der Waals surface area contributed by atoms with Gasteiger partial charge in [-0.1, -0.05) is 12.1 Å². The van der Waals surface area contributed by atoms with Crippen LogP contribution in [0.2, 0.25) is 0 Å². The molecule has 0 spiro atoms. The summed E-state index contributed by atoms with van der Waals surface area (Å²) in [5.74, 6) is -0.376. The SMILES string of the molecule is CN(C)S(=O)(=O)c1ccc(NC2NN(C3(CC#N)CCN(Cc4cccc5[nH]ccc45)CC3)C3CCNC(=O)C23)cc1. The van der Waals surface area contributed by atoms with Gasteiger partial charge >= 0.3 is 0 Å². The normalized spacial score (nSPS) is 24.8. The van der Waals surface area contributed by atoms with Crippen LogP contribution in [0.25, 0.3) is 10.9 Å². The largest absolute Gasteiger partial charge is 0.368 e. The number of hydrazine groups is 1. The average Bonchev–Trinajstić information content (AvgIpc) is 3.61. The number of aromatic nitrogens is 1. The van der Waals surface area contributed by atoms with Gasteiger partial charge in [-0.05, 0) is 61.2 Å². The Balaban J connectivity index is 1.20. The highest BCUT2D eigenvalue weighted by atomic mass is 32.2. The van der Waals surface area contributed by atoms with Gasteiger partial charge in [0.1, 0.15) is 6.17 Å². The molecule has 4 heterocycles. The Morgan fingerprint density at radius 3 is 2.60 bits per heavy atom. The number of benzene rings is 2. The first-order valence-corrected chi connectivity index (χ1v) is 15.9. The second-order valence-electron chi connectivity index (χ2n) is 11.8. The van der Waals surface area contributed by atoms with Crippen molar-refractivity contribution in [2.24, 2.45) is 5.92 Å². The molecule has 3 aliphatic rings. The fourth-order valence-electron chi connectivity index (χ4n) is 6.84. The van der Waals surface area contributed by atoms with Crippen LogP contribution in [0.3, 0.4) is 0 Å². The molecule has 1 amide bonds. The van der Waals surface area contributed by atoms with Crippen LogP contribution in [0.1, 0.15) is 31.2 Å². The Morgan fingerprint density at radius 2 is 1.88 bits per heavy atom. The van der Waals surface area contributed by atoms with E-state index in [0.29, 0.717) is 18.7 Å².